The number of ether oxygens (including phenoxy) is 1. The van der Waals surface area contributed by atoms with Crippen LogP contribution in [0.3, 0.4) is 0 Å². The molecule has 1 aromatic carbocycles. The lowest BCUT2D eigenvalue weighted by molar-refractivity contribution is 0.302. The van der Waals surface area contributed by atoms with Crippen LogP contribution >= 0.6 is 11.6 Å². The molecule has 0 aliphatic heterocycles. The van der Waals surface area contributed by atoms with Crippen molar-refractivity contribution in [2.45, 2.75) is 33.4 Å². The van der Waals surface area contributed by atoms with E-state index in [0.29, 0.717) is 17.4 Å². The maximum absolute atomic E-state index is 6.17. The molecule has 0 fully saturated rings. The van der Waals surface area contributed by atoms with Crippen molar-refractivity contribution in [1.29, 1.82) is 0 Å². The third-order valence-corrected chi connectivity index (χ3v) is 3.33. The SMILES string of the molecule is Cc1noc(C)c1COc1ccc(C(C)N)cc1Cl. The number of nitrogens with two attached hydrogens (primary N) is 1. The van der Waals surface area contributed by atoms with Crippen molar-refractivity contribution in [1.82, 2.24) is 5.16 Å². The van der Waals surface area contributed by atoms with E-state index >= 15 is 0 Å². The Kier molecular flexibility index (Phi) is 4.12. The highest BCUT2D eigenvalue weighted by molar-refractivity contribution is 6.32. The number of aromatic nitrogens is 1. The Balaban J connectivity index is 2.12. The van der Waals surface area contributed by atoms with Crippen molar-refractivity contribution < 1.29 is 9.26 Å². The lowest BCUT2D eigenvalue weighted by atomic mass is 10.1. The summed E-state index contributed by atoms with van der Waals surface area (Å²) in [5, 5.41) is 4.44. The number of hydrogen-bond acceptors (Lipinski definition) is 4. The van der Waals surface area contributed by atoms with Crippen LogP contribution < -0.4 is 10.5 Å². The van der Waals surface area contributed by atoms with Crippen LogP contribution in [0, 0.1) is 13.8 Å². The first-order valence-corrected chi connectivity index (χ1v) is 6.46. The minimum absolute atomic E-state index is 0.0471. The normalized spacial score (nSPS) is 12.5. The zero-order valence-electron chi connectivity index (χ0n) is 11.2. The molecule has 0 radical (unpaired) electrons. The van der Waals surface area contributed by atoms with Crippen molar-refractivity contribution >= 4 is 11.6 Å². The van der Waals surface area contributed by atoms with Crippen molar-refractivity contribution in [3.63, 3.8) is 0 Å². The molecule has 0 saturated carbocycles. The third-order valence-electron chi connectivity index (χ3n) is 3.03. The van der Waals surface area contributed by atoms with E-state index in [1.165, 1.54) is 0 Å². The van der Waals surface area contributed by atoms with Crippen molar-refractivity contribution in [3.8, 4) is 5.75 Å². The molecule has 19 heavy (non-hydrogen) atoms. The van der Waals surface area contributed by atoms with Gasteiger partial charge in [-0.15, -0.1) is 0 Å². The molecule has 5 heteroatoms. The molecule has 0 amide bonds. The number of aryl methyl sites for hydroxylation is 2. The maximum atomic E-state index is 6.17. The van der Waals surface area contributed by atoms with Gasteiger partial charge in [0.25, 0.3) is 0 Å². The summed E-state index contributed by atoms with van der Waals surface area (Å²) in [5.74, 6) is 1.40. The average Bonchev–Trinajstić information content (AvgIpc) is 2.68. The molecule has 102 valence electrons. The topological polar surface area (TPSA) is 61.3 Å². The van der Waals surface area contributed by atoms with E-state index in [1.807, 2.05) is 39.0 Å². The lowest BCUT2D eigenvalue weighted by Gasteiger charge is -2.11. The van der Waals surface area contributed by atoms with E-state index in [1.54, 1.807) is 0 Å². The van der Waals surface area contributed by atoms with Gasteiger partial charge in [0, 0.05) is 6.04 Å². The summed E-state index contributed by atoms with van der Waals surface area (Å²) < 4.78 is 10.8. The molecule has 0 bridgehead atoms. The molecule has 0 aliphatic rings. The Morgan fingerprint density at radius 2 is 2.16 bits per heavy atom. The Morgan fingerprint density at radius 3 is 2.68 bits per heavy atom. The molecule has 0 spiro atoms. The van der Waals surface area contributed by atoms with Gasteiger partial charge in [0.05, 0.1) is 16.3 Å². The lowest BCUT2D eigenvalue weighted by Crippen LogP contribution is -2.05. The highest BCUT2D eigenvalue weighted by atomic mass is 35.5. The molecular weight excluding hydrogens is 264 g/mol. The Hall–Kier alpha value is -1.52. The minimum atomic E-state index is -0.0471. The summed E-state index contributed by atoms with van der Waals surface area (Å²) in [6.45, 7) is 6.05. The molecule has 1 heterocycles. The summed E-state index contributed by atoms with van der Waals surface area (Å²) in [6, 6.07) is 5.53. The van der Waals surface area contributed by atoms with E-state index in [9.17, 15) is 0 Å². The Morgan fingerprint density at radius 1 is 1.42 bits per heavy atom. The summed E-state index contributed by atoms with van der Waals surface area (Å²) >= 11 is 6.17. The largest absolute Gasteiger partial charge is 0.487 e. The van der Waals surface area contributed by atoms with E-state index < -0.39 is 0 Å². The minimum Gasteiger partial charge on any atom is -0.487 e. The summed E-state index contributed by atoms with van der Waals surface area (Å²) in [4.78, 5) is 0. The molecule has 0 saturated heterocycles. The fourth-order valence-electron chi connectivity index (χ4n) is 1.78. The van der Waals surface area contributed by atoms with Crippen LogP contribution in [-0.2, 0) is 6.61 Å². The van der Waals surface area contributed by atoms with Crippen molar-refractivity contribution in [3.05, 3.63) is 45.8 Å². The van der Waals surface area contributed by atoms with Crippen LogP contribution in [0.4, 0.5) is 0 Å². The highest BCUT2D eigenvalue weighted by Crippen LogP contribution is 2.28. The summed E-state index contributed by atoms with van der Waals surface area (Å²) in [7, 11) is 0. The van der Waals surface area contributed by atoms with Crippen LogP contribution in [-0.4, -0.2) is 5.16 Å². The fourth-order valence-corrected chi connectivity index (χ4v) is 2.02. The number of halogens is 1. The molecule has 2 aromatic rings. The van der Waals surface area contributed by atoms with Crippen molar-refractivity contribution in [2.75, 3.05) is 0 Å². The van der Waals surface area contributed by atoms with Gasteiger partial charge < -0.3 is 15.0 Å². The number of rotatable bonds is 4. The second-order valence-corrected chi connectivity index (χ2v) is 4.98. The Bertz CT molecular complexity index is 559. The van der Waals surface area contributed by atoms with Gasteiger partial charge in [-0.05, 0) is 38.5 Å². The predicted molar refractivity (Wildman–Crippen MR) is 74.4 cm³/mol. The monoisotopic (exact) mass is 280 g/mol. The smallest absolute Gasteiger partial charge is 0.140 e. The van der Waals surface area contributed by atoms with E-state index in [0.717, 1.165) is 22.6 Å². The van der Waals surface area contributed by atoms with Crippen LogP contribution in [0.2, 0.25) is 5.02 Å². The molecule has 1 atom stereocenters. The van der Waals surface area contributed by atoms with Crippen LogP contribution in [0.1, 0.15) is 35.5 Å². The van der Waals surface area contributed by atoms with E-state index in [-0.39, 0.29) is 6.04 Å². The van der Waals surface area contributed by atoms with Gasteiger partial charge in [-0.25, -0.2) is 0 Å². The molecule has 4 nitrogen and oxygen atoms in total. The zero-order chi connectivity index (χ0) is 14.0. The zero-order valence-corrected chi connectivity index (χ0v) is 12.0. The summed E-state index contributed by atoms with van der Waals surface area (Å²) in [6.07, 6.45) is 0. The molecule has 1 aromatic heterocycles. The third kappa shape index (κ3) is 3.08. The van der Waals surface area contributed by atoms with Gasteiger partial charge >= 0.3 is 0 Å². The van der Waals surface area contributed by atoms with Gasteiger partial charge in [-0.3, -0.25) is 0 Å². The number of benzene rings is 1. The van der Waals surface area contributed by atoms with Gasteiger partial charge in [0.1, 0.15) is 18.1 Å². The van der Waals surface area contributed by atoms with Gasteiger partial charge in [-0.2, -0.15) is 0 Å². The highest BCUT2D eigenvalue weighted by Gasteiger charge is 2.11. The second kappa shape index (κ2) is 5.63. The van der Waals surface area contributed by atoms with Crippen molar-refractivity contribution in [2.24, 2.45) is 5.73 Å². The number of hydrogen-bond donors (Lipinski definition) is 1. The molecule has 2 N–H and O–H groups in total. The van der Waals surface area contributed by atoms with E-state index in [4.69, 9.17) is 26.6 Å². The average molecular weight is 281 g/mol. The number of nitrogens with zero attached hydrogens (tertiary/aromatic N) is 1. The van der Waals surface area contributed by atoms with Gasteiger partial charge in [-0.1, -0.05) is 22.8 Å². The molecule has 2 rings (SSSR count). The Labute approximate surface area is 117 Å². The standard InChI is InChI=1S/C14H17ClN2O2/c1-8(16)11-4-5-14(13(15)6-11)18-7-12-9(2)17-19-10(12)3/h4-6,8H,7,16H2,1-3H3. The second-order valence-electron chi connectivity index (χ2n) is 4.57. The molecular formula is C14H17ClN2O2. The maximum Gasteiger partial charge on any atom is 0.140 e. The van der Waals surface area contributed by atoms with Crippen LogP contribution in [0.25, 0.3) is 0 Å². The fraction of sp³-hybridized carbons (Fsp3) is 0.357. The van der Waals surface area contributed by atoms with Gasteiger partial charge in [0.15, 0.2) is 0 Å². The van der Waals surface area contributed by atoms with E-state index in [2.05, 4.69) is 5.16 Å². The van der Waals surface area contributed by atoms with Crippen LogP contribution in [0.15, 0.2) is 22.7 Å². The predicted octanol–water partition coefficient (Wildman–Crippen LogP) is 3.54. The first kappa shape index (κ1) is 13.9. The molecule has 0 aliphatic carbocycles. The first-order valence-electron chi connectivity index (χ1n) is 6.08. The summed E-state index contributed by atoms with van der Waals surface area (Å²) in [5.41, 5.74) is 8.57. The molecule has 1 unspecified atom stereocenters. The van der Waals surface area contributed by atoms with Gasteiger partial charge in [0.2, 0.25) is 0 Å². The van der Waals surface area contributed by atoms with Crippen LogP contribution in [0.5, 0.6) is 5.75 Å². The first-order chi connectivity index (χ1) is 8.99. The quantitative estimate of drug-likeness (QED) is 0.930.